The zero-order valence-corrected chi connectivity index (χ0v) is 39.3. The number of ether oxygens (including phenoxy) is 4. The summed E-state index contributed by atoms with van der Waals surface area (Å²) in [4.78, 5) is 41.4. The number of aromatic hydroxyl groups is 3. The quantitative estimate of drug-likeness (QED) is 0.0593. The van der Waals surface area contributed by atoms with E-state index in [4.69, 9.17) is 18.9 Å². The molecule has 65 heavy (non-hydrogen) atoms. The van der Waals surface area contributed by atoms with E-state index in [1.165, 1.54) is 40.2 Å². The van der Waals surface area contributed by atoms with Gasteiger partial charge in [0, 0.05) is 73.2 Å². The Morgan fingerprint density at radius 2 is 1.43 bits per heavy atom. The number of carbonyl (C=O) groups excluding carboxylic acids is 3. The van der Waals surface area contributed by atoms with Crippen molar-refractivity contribution in [1.82, 2.24) is 10.9 Å². The second-order valence-electron chi connectivity index (χ2n) is 18.8. The van der Waals surface area contributed by atoms with Crippen LogP contribution in [-0.2, 0) is 23.8 Å². The number of hydrogen-bond acceptors (Lipinski definition) is 15. The highest BCUT2D eigenvalue weighted by Gasteiger charge is 2.50. The van der Waals surface area contributed by atoms with Gasteiger partial charge in [-0.05, 0) is 45.6 Å². The summed E-state index contributed by atoms with van der Waals surface area (Å²) >= 11 is 0. The molecule has 0 unspecified atom stereocenters. The molecule has 5 aliphatic rings. The number of aliphatic hydroxyl groups is 2. The predicted molar refractivity (Wildman–Crippen MR) is 246 cm³/mol. The monoisotopic (exact) mass is 906 g/mol. The van der Waals surface area contributed by atoms with Crippen molar-refractivity contribution >= 4 is 39.8 Å². The lowest BCUT2D eigenvalue weighted by Gasteiger charge is -2.38. The van der Waals surface area contributed by atoms with Gasteiger partial charge in [-0.2, -0.15) is 0 Å². The van der Waals surface area contributed by atoms with E-state index >= 15 is 0 Å². The van der Waals surface area contributed by atoms with E-state index < -0.39 is 88.8 Å². The molecule has 3 heterocycles. The van der Waals surface area contributed by atoms with Crippen LogP contribution >= 0.6 is 0 Å². The number of allylic oxidation sites excluding steroid dienone is 2. The number of rotatable bonds is 7. The summed E-state index contributed by atoms with van der Waals surface area (Å²) in [5.41, 5.74) is 6.93. The molecule has 1 amide bonds. The van der Waals surface area contributed by atoms with Crippen molar-refractivity contribution in [3.05, 3.63) is 47.3 Å². The molecule has 2 aromatic carbocycles. The fraction of sp³-hybridized carbons (Fsp3) is 0.612. The normalized spacial score (nSPS) is 31.7. The number of hydrogen-bond donors (Lipinski definition) is 8. The van der Waals surface area contributed by atoms with Gasteiger partial charge >= 0.3 is 11.8 Å². The fourth-order valence-corrected chi connectivity index (χ4v) is 9.92. The lowest BCUT2D eigenvalue weighted by molar-refractivity contribution is -0.160. The molecule has 358 valence electrons. The molecule has 16 heteroatoms. The average Bonchev–Trinajstić information content (AvgIpc) is 3.55. The molecule has 8 N–H and O–H groups in total. The van der Waals surface area contributed by atoms with Crippen LogP contribution in [0, 0.1) is 30.6 Å². The average molecular weight is 907 g/mol. The molecule has 2 aromatic rings. The van der Waals surface area contributed by atoms with E-state index in [1.54, 1.807) is 58.0 Å². The first-order chi connectivity index (χ1) is 30.8. The minimum Gasteiger partial charge on any atom is -0.507 e. The topological polar surface area (TPSA) is 229 Å². The Labute approximate surface area is 382 Å². The standard InChI is InChI=1S/C49H70N4O12/c1-25-17-16-18-26(2)48(61)50-38-39(53(51-32-19-12-10-13-20-32)52-33-21-14-11-15-22-33)44(59)35-36(43(38)58)42(57)30(6)46-37(35)47(60)49(8,65-46)63-24-23-34(62-9)27(3)45(64-31(7)54)29(5)41(56)28(4)40(25)55/h16-18,23-25,27-29,32-34,40-41,45,51-52,55-59H,10-15,19-22H2,1-9H3,(H,50,61)/b17-16+,24-23+,26-18-/t25-,27+,28+,29+,34-,40-,41+,45+,49-/m0/s1. The Balaban J connectivity index is 1.56. The number of phenols is 3. The zero-order valence-electron chi connectivity index (χ0n) is 39.3. The van der Waals surface area contributed by atoms with Crippen molar-refractivity contribution in [3.63, 3.8) is 0 Å². The van der Waals surface area contributed by atoms with Gasteiger partial charge in [0.25, 0.3) is 11.7 Å². The number of aliphatic hydroxyl groups excluding tert-OH is 2. The van der Waals surface area contributed by atoms with Crippen LogP contribution in [0.15, 0.2) is 36.1 Å². The number of benzene rings is 2. The Morgan fingerprint density at radius 3 is 2.00 bits per heavy atom. The van der Waals surface area contributed by atoms with E-state index in [0.717, 1.165) is 64.2 Å². The van der Waals surface area contributed by atoms with Gasteiger partial charge in [0.05, 0.1) is 35.5 Å². The van der Waals surface area contributed by atoms with Crippen molar-refractivity contribution in [2.24, 2.45) is 23.7 Å². The SMILES string of the molecule is CO[C@H]1/C=C/O[C@@]2(C)Oc3c(C)c(O)c4c(O)c(c(N(NC5CCCCC5)NC5CCCCC5)c(O)c4c3C2=O)NC(=O)/C(C)=C\C=C\[C@H](C)[C@H](O)[C@@H](C)[C@@H](O)[C@@H](C)[C@H](OC(C)=O)[C@@H]1C. The lowest BCUT2D eigenvalue weighted by Crippen LogP contribution is -2.57. The maximum absolute atomic E-state index is 14.8. The van der Waals surface area contributed by atoms with Gasteiger partial charge in [-0.3, -0.25) is 14.4 Å². The molecule has 0 radical (unpaired) electrons. The van der Waals surface area contributed by atoms with Crippen LogP contribution in [-0.4, -0.2) is 92.6 Å². The molecular formula is C49H70N4O12. The van der Waals surface area contributed by atoms with Gasteiger partial charge in [-0.1, -0.05) is 84.4 Å². The number of amides is 1. The number of anilines is 2. The highest BCUT2D eigenvalue weighted by Crippen LogP contribution is 2.57. The van der Waals surface area contributed by atoms with Crippen molar-refractivity contribution < 1.29 is 58.9 Å². The summed E-state index contributed by atoms with van der Waals surface area (Å²) in [6.45, 7) is 12.7. The minimum absolute atomic E-state index is 0.0364. The Morgan fingerprint density at radius 1 is 0.831 bits per heavy atom. The molecule has 0 aromatic heterocycles. The predicted octanol–water partition coefficient (Wildman–Crippen LogP) is 7.24. The van der Waals surface area contributed by atoms with E-state index in [1.807, 2.05) is 0 Å². The highest BCUT2D eigenvalue weighted by molar-refractivity contribution is 6.23. The van der Waals surface area contributed by atoms with Crippen LogP contribution in [0.25, 0.3) is 10.8 Å². The fourth-order valence-electron chi connectivity index (χ4n) is 9.92. The number of fused-ring (bicyclic) bond motifs is 14. The van der Waals surface area contributed by atoms with Crippen LogP contribution < -0.4 is 26.0 Å². The van der Waals surface area contributed by atoms with Crippen LogP contribution in [0.3, 0.4) is 0 Å². The van der Waals surface area contributed by atoms with E-state index in [9.17, 15) is 39.9 Å². The van der Waals surface area contributed by atoms with Gasteiger partial charge in [-0.15, -0.1) is 0 Å². The Hall–Kier alpha value is -4.87. The van der Waals surface area contributed by atoms with Gasteiger partial charge < -0.3 is 49.8 Å². The molecule has 9 atom stereocenters. The number of methoxy groups -OCH3 is 1. The van der Waals surface area contributed by atoms with Gasteiger partial charge in [0.15, 0.2) is 11.5 Å². The van der Waals surface area contributed by atoms with Crippen LogP contribution in [0.5, 0.6) is 23.0 Å². The third-order valence-corrected chi connectivity index (χ3v) is 14.0. The van der Waals surface area contributed by atoms with E-state index in [2.05, 4.69) is 16.2 Å². The van der Waals surface area contributed by atoms with Crippen molar-refractivity contribution in [3.8, 4) is 23.0 Å². The number of phenolic OH excluding ortho intramolecular Hbond substituents is 3. The van der Waals surface area contributed by atoms with Crippen molar-refractivity contribution in [2.45, 2.75) is 162 Å². The van der Waals surface area contributed by atoms with E-state index in [0.29, 0.717) is 0 Å². The van der Waals surface area contributed by atoms with Crippen LogP contribution in [0.4, 0.5) is 11.4 Å². The molecule has 0 spiro atoms. The number of hydrazine groups is 2. The summed E-state index contributed by atoms with van der Waals surface area (Å²) in [6.07, 6.45) is 13.2. The second-order valence-corrected chi connectivity index (χ2v) is 18.8. The number of ketones is 1. The van der Waals surface area contributed by atoms with Crippen molar-refractivity contribution in [1.29, 1.82) is 0 Å². The first-order valence-corrected chi connectivity index (χ1v) is 23.2. The third kappa shape index (κ3) is 10.3. The molecule has 3 aliphatic heterocycles. The number of carbonyl (C=O) groups is 3. The number of nitrogens with one attached hydrogen (secondary N) is 3. The Kier molecular flexibility index (Phi) is 15.8. The summed E-state index contributed by atoms with van der Waals surface area (Å²) in [5, 5.41) is 64.0. The number of nitrogens with zero attached hydrogens (tertiary/aromatic N) is 1. The molecule has 5 bridgehead atoms. The molecule has 2 saturated carbocycles. The highest BCUT2D eigenvalue weighted by atomic mass is 16.7. The zero-order chi connectivity index (χ0) is 47.5. The molecule has 0 saturated heterocycles. The first kappa shape index (κ1) is 49.6. The summed E-state index contributed by atoms with van der Waals surface area (Å²) in [5.74, 6) is -8.15. The number of esters is 1. The molecular weight excluding hydrogens is 837 g/mol. The summed E-state index contributed by atoms with van der Waals surface area (Å²) in [6, 6.07) is -0.0729. The minimum atomic E-state index is -2.05. The van der Waals surface area contributed by atoms with Gasteiger partial charge in [0.2, 0.25) is 0 Å². The lowest BCUT2D eigenvalue weighted by atomic mass is 9.78. The maximum Gasteiger partial charge on any atom is 0.312 e. The second kappa shape index (κ2) is 20.7. The molecule has 2 fully saturated rings. The van der Waals surface area contributed by atoms with Crippen LogP contribution in [0.2, 0.25) is 0 Å². The maximum atomic E-state index is 14.8. The molecule has 7 rings (SSSR count). The Bertz CT molecular complexity index is 2160. The summed E-state index contributed by atoms with van der Waals surface area (Å²) < 4.78 is 24.0. The van der Waals surface area contributed by atoms with E-state index in [-0.39, 0.29) is 56.7 Å². The van der Waals surface area contributed by atoms with Gasteiger partial charge in [0.1, 0.15) is 29.0 Å². The molecule has 2 aliphatic carbocycles. The van der Waals surface area contributed by atoms with Gasteiger partial charge in [-0.25, -0.2) is 16.0 Å². The summed E-state index contributed by atoms with van der Waals surface area (Å²) in [7, 11) is 1.45. The van der Waals surface area contributed by atoms with Crippen molar-refractivity contribution in [2.75, 3.05) is 17.5 Å². The first-order valence-electron chi connectivity index (χ1n) is 23.2. The third-order valence-electron chi connectivity index (χ3n) is 14.0. The van der Waals surface area contributed by atoms with Crippen LogP contribution in [0.1, 0.15) is 129 Å². The number of Topliss-reactive ketones (excluding diaryl/α,β-unsaturated/α-hetero) is 1. The largest absolute Gasteiger partial charge is 0.507 e. The smallest absolute Gasteiger partial charge is 0.312 e. The molecule has 16 nitrogen and oxygen atoms in total.